The number of carbonyl (C=O) groups excluding carboxylic acids is 2. The van der Waals surface area contributed by atoms with Crippen molar-refractivity contribution in [2.45, 2.75) is 33.1 Å². The van der Waals surface area contributed by atoms with E-state index in [0.29, 0.717) is 6.42 Å². The monoisotopic (exact) mass is 307 g/mol. The molecule has 2 amide bonds. The summed E-state index contributed by atoms with van der Waals surface area (Å²) in [6.45, 7) is 3.53. The summed E-state index contributed by atoms with van der Waals surface area (Å²) in [5.41, 5.74) is 1.48. The third-order valence-corrected chi connectivity index (χ3v) is 3.18. The fourth-order valence-corrected chi connectivity index (χ4v) is 1.89. The lowest BCUT2D eigenvalue weighted by Gasteiger charge is -2.16. The lowest BCUT2D eigenvalue weighted by molar-refractivity contribution is -0.119. The van der Waals surface area contributed by atoms with Crippen molar-refractivity contribution >= 4 is 40.5 Å². The van der Waals surface area contributed by atoms with Gasteiger partial charge >= 0.3 is 0 Å². The number of hydrogen-bond acceptors (Lipinski definition) is 3. The summed E-state index contributed by atoms with van der Waals surface area (Å²) < 4.78 is 0. The second-order valence-corrected chi connectivity index (χ2v) is 5.14. The van der Waals surface area contributed by atoms with Gasteiger partial charge in [0.05, 0.1) is 0 Å². The Labute approximate surface area is 130 Å². The first kappa shape index (κ1) is 17.1. The van der Waals surface area contributed by atoms with Crippen LogP contribution in [0, 0.1) is 0 Å². The summed E-state index contributed by atoms with van der Waals surface area (Å²) in [5.74, 6) is -0.144. The van der Waals surface area contributed by atoms with Crippen molar-refractivity contribution in [2.75, 3.05) is 17.3 Å². The fourth-order valence-electron chi connectivity index (χ4n) is 1.66. The van der Waals surface area contributed by atoms with Gasteiger partial charge in [-0.3, -0.25) is 9.59 Å². The smallest absolute Gasteiger partial charge is 0.226 e. The van der Waals surface area contributed by atoms with Crippen LogP contribution in [0.1, 0.15) is 33.1 Å². The molecule has 0 aliphatic carbocycles. The summed E-state index contributed by atoms with van der Waals surface area (Å²) >= 11 is 5.10. The molecule has 0 saturated carbocycles. The highest BCUT2D eigenvalue weighted by atomic mass is 32.1. The van der Waals surface area contributed by atoms with Gasteiger partial charge in [-0.05, 0) is 36.8 Å². The first-order valence-corrected chi connectivity index (χ1v) is 7.30. The lowest BCUT2D eigenvalue weighted by atomic mass is 10.2. The Morgan fingerprint density at radius 2 is 2.05 bits per heavy atom. The summed E-state index contributed by atoms with van der Waals surface area (Å²) in [6, 6.07) is 7.27. The van der Waals surface area contributed by atoms with E-state index in [0.717, 1.165) is 24.2 Å². The lowest BCUT2D eigenvalue weighted by Crippen LogP contribution is -2.34. The molecule has 0 radical (unpaired) electrons. The minimum Gasteiger partial charge on any atom is -0.332 e. The molecule has 1 aromatic carbocycles. The molecule has 1 rings (SSSR count). The average Bonchev–Trinajstić information content (AvgIpc) is 2.44. The Bertz CT molecular complexity index is 531. The van der Waals surface area contributed by atoms with E-state index in [2.05, 4.69) is 10.6 Å². The van der Waals surface area contributed by atoms with Crippen LogP contribution < -0.4 is 15.5 Å². The quantitative estimate of drug-likeness (QED) is 0.821. The van der Waals surface area contributed by atoms with Crippen LogP contribution in [-0.2, 0) is 9.59 Å². The molecular weight excluding hydrogens is 286 g/mol. The number of unbranched alkanes of at least 4 members (excludes halogenated alkanes) is 1. The topological polar surface area (TPSA) is 61.4 Å². The fraction of sp³-hybridized carbons (Fsp3) is 0.400. The molecule has 0 saturated heterocycles. The highest BCUT2D eigenvalue weighted by Gasteiger charge is 2.07. The van der Waals surface area contributed by atoms with Gasteiger partial charge in [-0.2, -0.15) is 0 Å². The third-order valence-electron chi connectivity index (χ3n) is 2.97. The predicted octanol–water partition coefficient (Wildman–Crippen LogP) is 2.67. The Morgan fingerprint density at radius 1 is 1.33 bits per heavy atom. The zero-order valence-electron chi connectivity index (χ0n) is 12.6. The number of rotatable bonds is 5. The van der Waals surface area contributed by atoms with Gasteiger partial charge < -0.3 is 15.5 Å². The van der Waals surface area contributed by atoms with Crippen molar-refractivity contribution in [3.05, 3.63) is 24.3 Å². The average molecular weight is 307 g/mol. The number of anilines is 2. The maximum absolute atomic E-state index is 11.6. The second-order valence-electron chi connectivity index (χ2n) is 4.73. The predicted molar refractivity (Wildman–Crippen MR) is 89.4 cm³/mol. The molecule has 0 bridgehead atoms. The van der Waals surface area contributed by atoms with Crippen molar-refractivity contribution < 1.29 is 9.59 Å². The maximum atomic E-state index is 11.6. The van der Waals surface area contributed by atoms with Gasteiger partial charge in [0.2, 0.25) is 11.8 Å². The highest BCUT2D eigenvalue weighted by molar-refractivity contribution is 7.80. The van der Waals surface area contributed by atoms with Crippen LogP contribution >= 0.6 is 12.2 Å². The molecule has 1 aromatic rings. The summed E-state index contributed by atoms with van der Waals surface area (Å²) in [4.78, 5) is 24.5. The molecule has 0 fully saturated rings. The number of nitrogens with one attached hydrogen (secondary N) is 2. The molecule has 0 unspecified atom stereocenters. The Balaban J connectivity index is 2.62. The van der Waals surface area contributed by atoms with Gasteiger partial charge in [0.1, 0.15) is 0 Å². The molecule has 0 aliphatic rings. The van der Waals surface area contributed by atoms with Crippen LogP contribution in [0.4, 0.5) is 11.4 Å². The van der Waals surface area contributed by atoms with E-state index in [-0.39, 0.29) is 16.9 Å². The molecule has 21 heavy (non-hydrogen) atoms. The number of benzene rings is 1. The molecule has 114 valence electrons. The van der Waals surface area contributed by atoms with Crippen LogP contribution in [0.3, 0.4) is 0 Å². The SMILES string of the molecule is CCCCC(=O)NC(=S)Nc1cccc(N(C)C(C)=O)c1. The number of hydrogen-bond donors (Lipinski definition) is 2. The Kier molecular flexibility index (Phi) is 6.81. The molecule has 0 aromatic heterocycles. The summed E-state index contributed by atoms with van der Waals surface area (Å²) in [6.07, 6.45) is 2.27. The zero-order valence-corrected chi connectivity index (χ0v) is 13.4. The van der Waals surface area contributed by atoms with E-state index in [9.17, 15) is 9.59 Å². The minimum absolute atomic E-state index is 0.0532. The van der Waals surface area contributed by atoms with E-state index in [4.69, 9.17) is 12.2 Å². The maximum Gasteiger partial charge on any atom is 0.226 e. The molecule has 6 heteroatoms. The number of nitrogens with zero attached hydrogens (tertiary/aromatic N) is 1. The molecule has 2 N–H and O–H groups in total. The molecule has 0 atom stereocenters. The van der Waals surface area contributed by atoms with Crippen LogP contribution in [0.15, 0.2) is 24.3 Å². The molecule has 5 nitrogen and oxygen atoms in total. The standard InChI is InChI=1S/C15H21N3O2S/c1-4-5-9-14(20)17-15(21)16-12-7-6-8-13(10-12)18(3)11(2)19/h6-8,10H,4-5,9H2,1-3H3,(H2,16,17,20,21). The largest absolute Gasteiger partial charge is 0.332 e. The molecular formula is C15H21N3O2S. The number of carbonyl (C=O) groups is 2. The van der Waals surface area contributed by atoms with Gasteiger partial charge in [-0.1, -0.05) is 19.4 Å². The Hall–Kier alpha value is -1.95. The van der Waals surface area contributed by atoms with Gasteiger partial charge in [0, 0.05) is 31.8 Å². The van der Waals surface area contributed by atoms with E-state index < -0.39 is 0 Å². The van der Waals surface area contributed by atoms with Crippen LogP contribution in [-0.4, -0.2) is 24.0 Å². The second kappa shape index (κ2) is 8.36. The zero-order chi connectivity index (χ0) is 15.8. The highest BCUT2D eigenvalue weighted by Crippen LogP contribution is 2.18. The number of thiocarbonyl (C=S) groups is 1. The van der Waals surface area contributed by atoms with Crippen LogP contribution in [0.2, 0.25) is 0 Å². The van der Waals surface area contributed by atoms with Crippen molar-refractivity contribution in [3.63, 3.8) is 0 Å². The van der Waals surface area contributed by atoms with E-state index >= 15 is 0 Å². The first-order valence-electron chi connectivity index (χ1n) is 6.89. The molecule has 0 aliphatic heterocycles. The molecule has 0 spiro atoms. The first-order chi connectivity index (χ1) is 9.93. The van der Waals surface area contributed by atoms with Crippen molar-refractivity contribution in [1.29, 1.82) is 0 Å². The van der Waals surface area contributed by atoms with Crippen molar-refractivity contribution in [3.8, 4) is 0 Å². The van der Waals surface area contributed by atoms with Crippen molar-refractivity contribution in [1.82, 2.24) is 5.32 Å². The van der Waals surface area contributed by atoms with Gasteiger partial charge in [-0.15, -0.1) is 0 Å². The summed E-state index contributed by atoms with van der Waals surface area (Å²) in [5, 5.41) is 5.84. The van der Waals surface area contributed by atoms with E-state index in [1.807, 2.05) is 25.1 Å². The van der Waals surface area contributed by atoms with Crippen molar-refractivity contribution in [2.24, 2.45) is 0 Å². The third kappa shape index (κ3) is 5.91. The normalized spacial score (nSPS) is 9.86. The summed E-state index contributed by atoms with van der Waals surface area (Å²) in [7, 11) is 1.70. The van der Waals surface area contributed by atoms with E-state index in [1.165, 1.54) is 11.8 Å². The minimum atomic E-state index is -0.0913. The van der Waals surface area contributed by atoms with Gasteiger partial charge in [-0.25, -0.2) is 0 Å². The van der Waals surface area contributed by atoms with Crippen LogP contribution in [0.5, 0.6) is 0 Å². The van der Waals surface area contributed by atoms with Gasteiger partial charge in [0.25, 0.3) is 0 Å². The van der Waals surface area contributed by atoms with Gasteiger partial charge in [0.15, 0.2) is 5.11 Å². The Morgan fingerprint density at radius 3 is 2.67 bits per heavy atom. The molecule has 0 heterocycles. The van der Waals surface area contributed by atoms with E-state index in [1.54, 1.807) is 13.1 Å². The number of amides is 2. The van der Waals surface area contributed by atoms with Crippen LogP contribution in [0.25, 0.3) is 0 Å².